The summed E-state index contributed by atoms with van der Waals surface area (Å²) in [7, 11) is 0. The fourth-order valence-electron chi connectivity index (χ4n) is 1.33. The van der Waals surface area contributed by atoms with Crippen molar-refractivity contribution in [3.05, 3.63) is 11.7 Å². The van der Waals surface area contributed by atoms with E-state index in [0.29, 0.717) is 17.9 Å². The predicted octanol–water partition coefficient (Wildman–Crippen LogP) is 2.08. The maximum atomic E-state index is 5.24. The van der Waals surface area contributed by atoms with Crippen molar-refractivity contribution in [3.63, 3.8) is 0 Å². The second-order valence-corrected chi connectivity index (χ2v) is 4.74. The van der Waals surface area contributed by atoms with Gasteiger partial charge in [-0.15, -0.1) is 0 Å². The van der Waals surface area contributed by atoms with E-state index in [-0.39, 0.29) is 0 Å². The van der Waals surface area contributed by atoms with Crippen molar-refractivity contribution in [2.24, 2.45) is 5.92 Å². The predicted molar refractivity (Wildman–Crippen MR) is 57.4 cm³/mol. The first-order valence-corrected chi connectivity index (χ1v) is 5.72. The summed E-state index contributed by atoms with van der Waals surface area (Å²) in [5, 5.41) is 7.34. The van der Waals surface area contributed by atoms with Crippen molar-refractivity contribution in [2.45, 2.75) is 52.1 Å². The van der Waals surface area contributed by atoms with Crippen molar-refractivity contribution < 1.29 is 4.52 Å². The van der Waals surface area contributed by atoms with Gasteiger partial charge in [0.25, 0.3) is 0 Å². The highest BCUT2D eigenvalue weighted by Gasteiger charge is 2.22. The summed E-state index contributed by atoms with van der Waals surface area (Å²) in [6.07, 6.45) is 2.57. The van der Waals surface area contributed by atoms with E-state index < -0.39 is 0 Å². The molecular formula is C11H19N3O. The van der Waals surface area contributed by atoms with Crippen LogP contribution in [0.1, 0.15) is 51.2 Å². The molecule has 0 saturated heterocycles. The van der Waals surface area contributed by atoms with Gasteiger partial charge in [0.15, 0.2) is 5.82 Å². The highest BCUT2D eigenvalue weighted by Crippen LogP contribution is 2.22. The first-order chi connectivity index (χ1) is 7.16. The second-order valence-electron chi connectivity index (χ2n) is 4.74. The molecule has 1 aromatic heterocycles. The van der Waals surface area contributed by atoms with Crippen molar-refractivity contribution in [2.75, 3.05) is 0 Å². The summed E-state index contributed by atoms with van der Waals surface area (Å²) >= 11 is 0. The molecular weight excluding hydrogens is 190 g/mol. The van der Waals surface area contributed by atoms with E-state index in [9.17, 15) is 0 Å². The van der Waals surface area contributed by atoms with Crippen LogP contribution < -0.4 is 5.32 Å². The smallest absolute Gasteiger partial charge is 0.229 e. The average molecular weight is 209 g/mol. The molecule has 1 saturated carbocycles. The minimum atomic E-state index is 0.340. The SMILES string of the molecule is CC(C)C(C)c1nc(CNC2CC2)no1. The van der Waals surface area contributed by atoms with E-state index in [1.165, 1.54) is 12.8 Å². The molecule has 0 radical (unpaired) electrons. The lowest BCUT2D eigenvalue weighted by molar-refractivity contribution is 0.328. The van der Waals surface area contributed by atoms with Gasteiger partial charge < -0.3 is 9.84 Å². The minimum Gasteiger partial charge on any atom is -0.339 e. The van der Waals surface area contributed by atoms with Gasteiger partial charge in [0.2, 0.25) is 5.89 Å². The topological polar surface area (TPSA) is 51.0 Å². The Morgan fingerprint density at radius 2 is 2.13 bits per heavy atom. The van der Waals surface area contributed by atoms with E-state index in [0.717, 1.165) is 18.3 Å². The third-order valence-electron chi connectivity index (χ3n) is 3.00. The van der Waals surface area contributed by atoms with E-state index in [1.54, 1.807) is 0 Å². The Kier molecular flexibility index (Phi) is 3.05. The third kappa shape index (κ3) is 2.78. The van der Waals surface area contributed by atoms with Crippen LogP contribution >= 0.6 is 0 Å². The molecule has 1 unspecified atom stereocenters. The normalized spacial score (nSPS) is 18.4. The Morgan fingerprint density at radius 3 is 2.73 bits per heavy atom. The zero-order valence-electron chi connectivity index (χ0n) is 9.66. The van der Waals surface area contributed by atoms with Crippen molar-refractivity contribution in [1.29, 1.82) is 0 Å². The molecule has 15 heavy (non-hydrogen) atoms. The molecule has 4 heteroatoms. The summed E-state index contributed by atoms with van der Waals surface area (Å²) in [4.78, 5) is 4.39. The highest BCUT2D eigenvalue weighted by molar-refractivity contribution is 4.94. The molecule has 0 spiro atoms. The van der Waals surface area contributed by atoms with Crippen LogP contribution in [0.25, 0.3) is 0 Å². The van der Waals surface area contributed by atoms with Crippen LogP contribution in [-0.2, 0) is 6.54 Å². The molecule has 1 aliphatic carbocycles. The Hall–Kier alpha value is -0.900. The number of hydrogen-bond donors (Lipinski definition) is 1. The van der Waals surface area contributed by atoms with Gasteiger partial charge in [0, 0.05) is 12.0 Å². The molecule has 2 rings (SSSR count). The summed E-state index contributed by atoms with van der Waals surface area (Å²) in [5.74, 6) is 2.42. The van der Waals surface area contributed by atoms with Gasteiger partial charge in [-0.3, -0.25) is 0 Å². The van der Waals surface area contributed by atoms with E-state index in [4.69, 9.17) is 4.52 Å². The van der Waals surface area contributed by atoms with Gasteiger partial charge in [0.1, 0.15) is 0 Å². The lowest BCUT2D eigenvalue weighted by Crippen LogP contribution is -2.16. The highest BCUT2D eigenvalue weighted by atomic mass is 16.5. The lowest BCUT2D eigenvalue weighted by Gasteiger charge is -2.08. The van der Waals surface area contributed by atoms with Crippen molar-refractivity contribution >= 4 is 0 Å². The second kappa shape index (κ2) is 4.31. The van der Waals surface area contributed by atoms with Crippen LogP contribution in [0.5, 0.6) is 0 Å². The fraction of sp³-hybridized carbons (Fsp3) is 0.818. The number of rotatable bonds is 5. The zero-order valence-corrected chi connectivity index (χ0v) is 9.66. The minimum absolute atomic E-state index is 0.340. The Balaban J connectivity index is 1.90. The molecule has 0 aliphatic heterocycles. The largest absolute Gasteiger partial charge is 0.339 e. The molecule has 1 aromatic rings. The maximum absolute atomic E-state index is 5.24. The number of nitrogens with zero attached hydrogens (tertiary/aromatic N) is 2. The summed E-state index contributed by atoms with van der Waals surface area (Å²) in [5.41, 5.74) is 0. The van der Waals surface area contributed by atoms with Crippen LogP contribution in [-0.4, -0.2) is 16.2 Å². The zero-order chi connectivity index (χ0) is 10.8. The van der Waals surface area contributed by atoms with Crippen LogP contribution in [0.4, 0.5) is 0 Å². The first-order valence-electron chi connectivity index (χ1n) is 5.72. The number of nitrogens with one attached hydrogen (secondary N) is 1. The molecule has 1 N–H and O–H groups in total. The van der Waals surface area contributed by atoms with Crippen LogP contribution in [0, 0.1) is 5.92 Å². The van der Waals surface area contributed by atoms with Crippen LogP contribution in [0.3, 0.4) is 0 Å². The van der Waals surface area contributed by atoms with Gasteiger partial charge in [-0.25, -0.2) is 0 Å². The summed E-state index contributed by atoms with van der Waals surface area (Å²) in [6, 6.07) is 0.689. The molecule has 0 bridgehead atoms. The first kappa shape index (κ1) is 10.6. The lowest BCUT2D eigenvalue weighted by atomic mass is 9.98. The van der Waals surface area contributed by atoms with Crippen molar-refractivity contribution in [3.8, 4) is 0 Å². The van der Waals surface area contributed by atoms with E-state index in [1.807, 2.05) is 0 Å². The molecule has 1 atom stereocenters. The monoisotopic (exact) mass is 209 g/mol. The maximum Gasteiger partial charge on any atom is 0.229 e. The average Bonchev–Trinajstić information content (AvgIpc) is 2.92. The fourth-order valence-corrected chi connectivity index (χ4v) is 1.33. The van der Waals surface area contributed by atoms with Crippen LogP contribution in [0.15, 0.2) is 4.52 Å². The number of aromatic nitrogens is 2. The van der Waals surface area contributed by atoms with Gasteiger partial charge in [-0.2, -0.15) is 4.98 Å². The van der Waals surface area contributed by atoms with Crippen LogP contribution in [0.2, 0.25) is 0 Å². The Labute approximate surface area is 90.4 Å². The van der Waals surface area contributed by atoms with E-state index in [2.05, 4.69) is 36.2 Å². The van der Waals surface area contributed by atoms with Gasteiger partial charge >= 0.3 is 0 Å². The molecule has 1 heterocycles. The summed E-state index contributed by atoms with van der Waals surface area (Å²) < 4.78 is 5.24. The molecule has 0 aromatic carbocycles. The third-order valence-corrected chi connectivity index (χ3v) is 3.00. The molecule has 0 amide bonds. The van der Waals surface area contributed by atoms with Crippen molar-refractivity contribution in [1.82, 2.24) is 15.5 Å². The Bertz CT molecular complexity index is 317. The molecule has 1 aliphatic rings. The number of hydrogen-bond acceptors (Lipinski definition) is 4. The van der Waals surface area contributed by atoms with E-state index >= 15 is 0 Å². The van der Waals surface area contributed by atoms with Gasteiger partial charge in [-0.1, -0.05) is 25.9 Å². The molecule has 4 nitrogen and oxygen atoms in total. The quantitative estimate of drug-likeness (QED) is 0.806. The molecule has 84 valence electrons. The Morgan fingerprint density at radius 1 is 1.40 bits per heavy atom. The molecule has 1 fully saturated rings. The summed E-state index contributed by atoms with van der Waals surface area (Å²) in [6.45, 7) is 7.18. The standard InChI is InChI=1S/C11H19N3O/c1-7(2)8(3)11-13-10(14-15-11)6-12-9-4-5-9/h7-9,12H,4-6H2,1-3H3. The van der Waals surface area contributed by atoms with Gasteiger partial charge in [0.05, 0.1) is 6.54 Å². The van der Waals surface area contributed by atoms with Gasteiger partial charge in [-0.05, 0) is 18.8 Å².